The number of likely N-dealkylation sites (N-methyl/N-ethyl adjacent to an activating group) is 1. The van der Waals surface area contributed by atoms with Gasteiger partial charge in [-0.25, -0.2) is 4.79 Å². The molecule has 0 aromatic carbocycles. The van der Waals surface area contributed by atoms with Gasteiger partial charge in [0.05, 0.1) is 7.11 Å². The van der Waals surface area contributed by atoms with Gasteiger partial charge < -0.3 is 9.64 Å². The molecule has 3 nitrogen and oxygen atoms in total. The van der Waals surface area contributed by atoms with Crippen LogP contribution in [0.4, 0.5) is 0 Å². The van der Waals surface area contributed by atoms with E-state index in [0.29, 0.717) is 0 Å². The number of hydrogen-bond acceptors (Lipinski definition) is 4. The summed E-state index contributed by atoms with van der Waals surface area (Å²) >= 11 is 1.45. The third kappa shape index (κ3) is 2.18. The molecule has 0 unspecified atom stereocenters. The molecule has 1 aliphatic heterocycles. The van der Waals surface area contributed by atoms with Crippen molar-refractivity contribution < 1.29 is 9.53 Å². The Hall–Kier alpha value is -1.13. The monoisotopic (exact) mass is 237 g/mol. The molecule has 0 saturated carbocycles. The van der Waals surface area contributed by atoms with Crippen molar-refractivity contribution in [1.82, 2.24) is 4.90 Å². The van der Waals surface area contributed by atoms with E-state index in [0.717, 1.165) is 30.0 Å². The summed E-state index contributed by atoms with van der Waals surface area (Å²) in [5.41, 5.74) is 2.31. The zero-order valence-corrected chi connectivity index (χ0v) is 10.3. The summed E-state index contributed by atoms with van der Waals surface area (Å²) in [6.07, 6.45) is 3.19. The number of carbonyl (C=O) groups is 1. The van der Waals surface area contributed by atoms with Crippen LogP contribution in [0.2, 0.25) is 0 Å². The Bertz CT molecular complexity index is 422. The molecule has 0 saturated heterocycles. The number of hydrogen-bond donors (Lipinski definition) is 0. The first-order valence-corrected chi connectivity index (χ1v) is 6.14. The van der Waals surface area contributed by atoms with E-state index in [-0.39, 0.29) is 5.97 Å². The van der Waals surface area contributed by atoms with Gasteiger partial charge in [0.15, 0.2) is 0 Å². The second-order valence-electron chi connectivity index (χ2n) is 3.90. The molecule has 0 spiro atoms. The fourth-order valence-electron chi connectivity index (χ4n) is 1.83. The summed E-state index contributed by atoms with van der Waals surface area (Å²) < 4.78 is 4.78. The van der Waals surface area contributed by atoms with E-state index in [2.05, 4.69) is 18.0 Å². The van der Waals surface area contributed by atoms with E-state index in [1.165, 1.54) is 24.0 Å². The highest BCUT2D eigenvalue weighted by atomic mass is 32.1. The molecule has 1 aliphatic rings. The average molecular weight is 237 g/mol. The van der Waals surface area contributed by atoms with E-state index in [1.807, 2.05) is 11.4 Å². The van der Waals surface area contributed by atoms with Gasteiger partial charge in [-0.3, -0.25) is 0 Å². The lowest BCUT2D eigenvalue weighted by molar-refractivity contribution is 0.0606. The van der Waals surface area contributed by atoms with E-state index in [9.17, 15) is 4.79 Å². The molecule has 0 atom stereocenters. The second-order valence-corrected chi connectivity index (χ2v) is 4.81. The molecule has 1 aromatic rings. The van der Waals surface area contributed by atoms with Crippen molar-refractivity contribution in [2.45, 2.75) is 6.42 Å². The zero-order valence-electron chi connectivity index (χ0n) is 9.53. The molecule has 0 amide bonds. The number of esters is 1. The maximum atomic E-state index is 11.6. The summed E-state index contributed by atoms with van der Waals surface area (Å²) in [6.45, 7) is 1.99. The fourth-order valence-corrected chi connectivity index (χ4v) is 2.67. The minimum Gasteiger partial charge on any atom is -0.465 e. The topological polar surface area (TPSA) is 29.5 Å². The Balaban J connectivity index is 2.27. The van der Waals surface area contributed by atoms with Crippen molar-refractivity contribution in [2.75, 3.05) is 27.2 Å². The highest BCUT2D eigenvalue weighted by Crippen LogP contribution is 2.29. The molecule has 0 aliphatic carbocycles. The summed E-state index contributed by atoms with van der Waals surface area (Å²) in [5, 5.41) is 1.95. The van der Waals surface area contributed by atoms with E-state index in [4.69, 9.17) is 4.74 Å². The van der Waals surface area contributed by atoms with Gasteiger partial charge in [-0.15, -0.1) is 11.3 Å². The van der Waals surface area contributed by atoms with E-state index >= 15 is 0 Å². The van der Waals surface area contributed by atoms with Crippen LogP contribution in [-0.4, -0.2) is 38.1 Å². The molecule has 16 heavy (non-hydrogen) atoms. The van der Waals surface area contributed by atoms with Crippen molar-refractivity contribution in [3.8, 4) is 0 Å². The van der Waals surface area contributed by atoms with Crippen LogP contribution >= 0.6 is 11.3 Å². The molecule has 0 bridgehead atoms. The van der Waals surface area contributed by atoms with Crippen LogP contribution in [0.15, 0.2) is 17.5 Å². The van der Waals surface area contributed by atoms with Crippen LogP contribution in [0.25, 0.3) is 5.57 Å². The van der Waals surface area contributed by atoms with Crippen molar-refractivity contribution >= 4 is 22.9 Å². The Morgan fingerprint density at radius 1 is 1.56 bits per heavy atom. The number of methoxy groups -OCH3 is 1. The van der Waals surface area contributed by atoms with Gasteiger partial charge in [0.1, 0.15) is 4.88 Å². The normalized spacial score (nSPS) is 17.0. The zero-order chi connectivity index (χ0) is 11.5. The van der Waals surface area contributed by atoms with Gasteiger partial charge in [0.25, 0.3) is 0 Å². The van der Waals surface area contributed by atoms with E-state index in [1.54, 1.807) is 0 Å². The molecule has 1 aromatic heterocycles. The average Bonchev–Trinajstić information content (AvgIpc) is 2.78. The van der Waals surface area contributed by atoms with Gasteiger partial charge in [-0.2, -0.15) is 0 Å². The van der Waals surface area contributed by atoms with Crippen LogP contribution in [0.5, 0.6) is 0 Å². The van der Waals surface area contributed by atoms with Crippen molar-refractivity contribution in [3.05, 3.63) is 28.0 Å². The standard InChI is InChI=1S/C12H15NO2S/c1-13-6-3-9(4-7-13)10-5-8-16-11(10)12(14)15-2/h3,5,8H,4,6-7H2,1-2H3. The number of rotatable bonds is 2. The van der Waals surface area contributed by atoms with Crippen LogP contribution in [0, 0.1) is 0 Å². The molecule has 86 valence electrons. The van der Waals surface area contributed by atoms with Crippen LogP contribution in [0.1, 0.15) is 21.7 Å². The summed E-state index contributed by atoms with van der Waals surface area (Å²) in [6, 6.07) is 2.01. The van der Waals surface area contributed by atoms with E-state index < -0.39 is 0 Å². The van der Waals surface area contributed by atoms with Gasteiger partial charge in [-0.05, 0) is 30.5 Å². The van der Waals surface area contributed by atoms with Crippen molar-refractivity contribution in [3.63, 3.8) is 0 Å². The number of nitrogens with zero attached hydrogens (tertiary/aromatic N) is 1. The lowest BCUT2D eigenvalue weighted by Crippen LogP contribution is -2.23. The molecule has 2 rings (SSSR count). The number of thiophene rings is 1. The molecule has 0 N–H and O–H groups in total. The quantitative estimate of drug-likeness (QED) is 0.739. The number of carbonyl (C=O) groups excluding carboxylic acids is 1. The molecule has 0 radical (unpaired) electrons. The summed E-state index contributed by atoms with van der Waals surface area (Å²) in [5.74, 6) is -0.232. The van der Waals surface area contributed by atoms with Gasteiger partial charge in [-0.1, -0.05) is 6.08 Å². The SMILES string of the molecule is COC(=O)c1sccc1C1=CCN(C)CC1. The highest BCUT2D eigenvalue weighted by molar-refractivity contribution is 7.12. The molecular formula is C12H15NO2S. The molecule has 4 heteroatoms. The minimum atomic E-state index is -0.232. The van der Waals surface area contributed by atoms with Gasteiger partial charge in [0, 0.05) is 18.7 Å². The van der Waals surface area contributed by atoms with Crippen LogP contribution in [0.3, 0.4) is 0 Å². The molecule has 2 heterocycles. The maximum absolute atomic E-state index is 11.6. The Kier molecular flexibility index (Phi) is 3.41. The van der Waals surface area contributed by atoms with Crippen LogP contribution < -0.4 is 0 Å². The van der Waals surface area contributed by atoms with Gasteiger partial charge in [0.2, 0.25) is 0 Å². The fraction of sp³-hybridized carbons (Fsp3) is 0.417. The molecular weight excluding hydrogens is 222 g/mol. The summed E-state index contributed by atoms with van der Waals surface area (Å²) in [4.78, 5) is 14.5. The second kappa shape index (κ2) is 4.80. The van der Waals surface area contributed by atoms with Crippen LogP contribution in [-0.2, 0) is 4.74 Å². The Labute approximate surface area is 99.3 Å². The first kappa shape index (κ1) is 11.4. The summed E-state index contributed by atoms with van der Waals surface area (Å²) in [7, 11) is 3.52. The predicted octanol–water partition coefficient (Wildman–Crippen LogP) is 2.25. The third-order valence-corrected chi connectivity index (χ3v) is 3.69. The minimum absolute atomic E-state index is 0.232. The molecule has 0 fully saturated rings. The third-order valence-electron chi connectivity index (χ3n) is 2.79. The smallest absolute Gasteiger partial charge is 0.348 e. The largest absolute Gasteiger partial charge is 0.465 e. The first-order valence-electron chi connectivity index (χ1n) is 5.26. The Morgan fingerprint density at radius 3 is 3.00 bits per heavy atom. The van der Waals surface area contributed by atoms with Crippen molar-refractivity contribution in [1.29, 1.82) is 0 Å². The predicted molar refractivity (Wildman–Crippen MR) is 65.7 cm³/mol. The van der Waals surface area contributed by atoms with Gasteiger partial charge >= 0.3 is 5.97 Å². The highest BCUT2D eigenvalue weighted by Gasteiger charge is 2.18. The van der Waals surface area contributed by atoms with Crippen molar-refractivity contribution in [2.24, 2.45) is 0 Å². The number of ether oxygens (including phenoxy) is 1. The first-order chi connectivity index (χ1) is 7.72. The Morgan fingerprint density at radius 2 is 2.38 bits per heavy atom. The lowest BCUT2D eigenvalue weighted by Gasteiger charge is -2.21. The lowest BCUT2D eigenvalue weighted by atomic mass is 10.0. The maximum Gasteiger partial charge on any atom is 0.348 e.